The highest BCUT2D eigenvalue weighted by molar-refractivity contribution is 7.15. The number of benzene rings is 2. The summed E-state index contributed by atoms with van der Waals surface area (Å²) in [6.45, 7) is 7.46. The third kappa shape index (κ3) is 5.20. The molecule has 2 aromatic carbocycles. The number of aryl methyl sites for hydroxylation is 1. The summed E-state index contributed by atoms with van der Waals surface area (Å²) in [5, 5.41) is 4.68. The zero-order chi connectivity index (χ0) is 21.6. The van der Waals surface area contributed by atoms with Crippen molar-refractivity contribution in [2.75, 3.05) is 11.9 Å². The first-order valence-electron chi connectivity index (χ1n) is 11.0. The molecular formula is C27H29N3S. The topological polar surface area (TPSA) is 37.8 Å². The van der Waals surface area contributed by atoms with Crippen molar-refractivity contribution in [1.29, 1.82) is 0 Å². The van der Waals surface area contributed by atoms with Gasteiger partial charge in [-0.15, -0.1) is 11.3 Å². The molecular weight excluding hydrogens is 398 g/mol. The Kier molecular flexibility index (Phi) is 6.78. The summed E-state index contributed by atoms with van der Waals surface area (Å²) in [5.74, 6) is 1.36. The average Bonchev–Trinajstić information content (AvgIpc) is 3.25. The second-order valence-electron chi connectivity index (χ2n) is 8.00. The molecule has 0 spiro atoms. The lowest BCUT2D eigenvalue weighted by Crippen LogP contribution is -2.06. The number of thiazole rings is 1. The maximum absolute atomic E-state index is 5.08. The van der Waals surface area contributed by atoms with Crippen LogP contribution in [-0.4, -0.2) is 16.5 Å². The van der Waals surface area contributed by atoms with E-state index in [1.165, 1.54) is 32.1 Å². The Morgan fingerprint density at radius 3 is 2.58 bits per heavy atom. The van der Waals surface area contributed by atoms with Crippen LogP contribution in [0.4, 0.5) is 5.82 Å². The van der Waals surface area contributed by atoms with Crippen molar-refractivity contribution in [1.82, 2.24) is 9.97 Å². The summed E-state index contributed by atoms with van der Waals surface area (Å²) >= 11 is 1.81. The Balaban J connectivity index is 1.62. The lowest BCUT2D eigenvalue weighted by atomic mass is 10.0. The van der Waals surface area contributed by atoms with Crippen LogP contribution in [0, 0.1) is 6.92 Å². The molecule has 0 fully saturated rings. The minimum absolute atomic E-state index is 0.451. The van der Waals surface area contributed by atoms with Crippen LogP contribution >= 0.6 is 11.3 Å². The van der Waals surface area contributed by atoms with E-state index < -0.39 is 0 Å². The van der Waals surface area contributed by atoms with Gasteiger partial charge in [0.15, 0.2) is 0 Å². The molecule has 0 saturated heterocycles. The van der Waals surface area contributed by atoms with E-state index in [-0.39, 0.29) is 0 Å². The maximum Gasteiger partial charge on any atom is 0.126 e. The van der Waals surface area contributed by atoms with E-state index in [0.29, 0.717) is 5.92 Å². The number of anilines is 1. The van der Waals surface area contributed by atoms with Gasteiger partial charge < -0.3 is 5.32 Å². The highest BCUT2D eigenvalue weighted by Gasteiger charge is 2.18. The molecule has 0 radical (unpaired) electrons. The zero-order valence-corrected chi connectivity index (χ0v) is 19.2. The molecule has 158 valence electrons. The molecule has 1 N–H and O–H groups in total. The van der Waals surface area contributed by atoms with Crippen LogP contribution in [-0.2, 0) is 6.42 Å². The summed E-state index contributed by atoms with van der Waals surface area (Å²) in [4.78, 5) is 10.8. The van der Waals surface area contributed by atoms with Gasteiger partial charge in [-0.05, 0) is 49.1 Å². The van der Waals surface area contributed by atoms with Gasteiger partial charge >= 0.3 is 0 Å². The maximum atomic E-state index is 5.08. The van der Waals surface area contributed by atoms with E-state index in [1.54, 1.807) is 0 Å². The van der Waals surface area contributed by atoms with Crippen LogP contribution < -0.4 is 5.32 Å². The highest BCUT2D eigenvalue weighted by atomic mass is 32.1. The summed E-state index contributed by atoms with van der Waals surface area (Å²) in [6, 6.07) is 23.4. The number of hydrogen-bond donors (Lipinski definition) is 1. The Bertz CT molecular complexity index is 1130. The lowest BCUT2D eigenvalue weighted by molar-refractivity contribution is 0.727. The lowest BCUT2D eigenvalue weighted by Gasteiger charge is -2.08. The molecule has 0 bridgehead atoms. The van der Waals surface area contributed by atoms with Crippen molar-refractivity contribution in [3.63, 3.8) is 0 Å². The number of rotatable bonds is 8. The predicted octanol–water partition coefficient (Wildman–Crippen LogP) is 7.35. The van der Waals surface area contributed by atoms with Gasteiger partial charge in [-0.2, -0.15) is 0 Å². The molecule has 2 aromatic heterocycles. The molecule has 3 nitrogen and oxygen atoms in total. The first-order chi connectivity index (χ1) is 15.1. The average molecular weight is 428 g/mol. The van der Waals surface area contributed by atoms with Gasteiger partial charge in [0.2, 0.25) is 0 Å². The van der Waals surface area contributed by atoms with Crippen LogP contribution in [0.2, 0.25) is 0 Å². The van der Waals surface area contributed by atoms with E-state index >= 15 is 0 Å². The minimum Gasteiger partial charge on any atom is -0.370 e. The SMILES string of the molecule is CCC(C)c1nc(-c2cccc(C)c2)c(-c2ccnc(NCCc3ccccc3)c2)s1. The Morgan fingerprint density at radius 2 is 1.81 bits per heavy atom. The van der Waals surface area contributed by atoms with Crippen molar-refractivity contribution in [2.45, 2.75) is 39.5 Å². The smallest absolute Gasteiger partial charge is 0.126 e. The summed E-state index contributed by atoms with van der Waals surface area (Å²) in [6.07, 6.45) is 3.95. The van der Waals surface area contributed by atoms with Gasteiger partial charge in [0.1, 0.15) is 5.82 Å². The third-order valence-electron chi connectivity index (χ3n) is 5.55. The highest BCUT2D eigenvalue weighted by Crippen LogP contribution is 2.40. The van der Waals surface area contributed by atoms with Crippen molar-refractivity contribution < 1.29 is 0 Å². The van der Waals surface area contributed by atoms with Crippen molar-refractivity contribution in [3.8, 4) is 21.7 Å². The number of nitrogens with one attached hydrogen (secondary N) is 1. The second-order valence-corrected chi connectivity index (χ2v) is 9.03. The predicted molar refractivity (Wildman–Crippen MR) is 133 cm³/mol. The molecule has 0 aliphatic rings. The molecule has 4 aromatic rings. The van der Waals surface area contributed by atoms with Crippen molar-refractivity contribution in [2.24, 2.45) is 0 Å². The fraction of sp³-hybridized carbons (Fsp3) is 0.259. The normalized spacial score (nSPS) is 12.0. The fourth-order valence-corrected chi connectivity index (χ4v) is 4.77. The Hall–Kier alpha value is -2.98. The summed E-state index contributed by atoms with van der Waals surface area (Å²) in [7, 11) is 0. The number of nitrogens with zero attached hydrogens (tertiary/aromatic N) is 2. The number of pyridine rings is 1. The largest absolute Gasteiger partial charge is 0.370 e. The number of hydrogen-bond acceptors (Lipinski definition) is 4. The van der Waals surface area contributed by atoms with Gasteiger partial charge in [-0.25, -0.2) is 9.97 Å². The van der Waals surface area contributed by atoms with Crippen LogP contribution in [0.25, 0.3) is 21.7 Å². The van der Waals surface area contributed by atoms with Crippen molar-refractivity contribution >= 4 is 17.2 Å². The molecule has 0 aliphatic heterocycles. The van der Waals surface area contributed by atoms with E-state index in [0.717, 1.165) is 30.9 Å². The van der Waals surface area contributed by atoms with Gasteiger partial charge in [-0.1, -0.05) is 67.9 Å². The molecule has 1 unspecified atom stereocenters. The minimum atomic E-state index is 0.451. The quantitative estimate of drug-likeness (QED) is 0.319. The molecule has 4 rings (SSSR count). The molecule has 31 heavy (non-hydrogen) atoms. The van der Waals surface area contributed by atoms with Crippen LogP contribution in [0.15, 0.2) is 72.9 Å². The van der Waals surface area contributed by atoms with Crippen LogP contribution in [0.5, 0.6) is 0 Å². The first kappa shape index (κ1) is 21.3. The standard InChI is InChI=1S/C27H29N3S/c1-4-20(3)27-30-25(22-12-8-9-19(2)17-22)26(31-27)23-14-16-29-24(18-23)28-15-13-21-10-6-5-7-11-21/h5-12,14,16-18,20H,4,13,15H2,1-3H3,(H,28,29). The van der Waals surface area contributed by atoms with E-state index in [1.807, 2.05) is 17.5 Å². The molecule has 1 atom stereocenters. The number of aromatic nitrogens is 2. The van der Waals surface area contributed by atoms with Crippen LogP contribution in [0.3, 0.4) is 0 Å². The fourth-order valence-electron chi connectivity index (χ4n) is 3.55. The van der Waals surface area contributed by atoms with Crippen molar-refractivity contribution in [3.05, 3.63) is 89.1 Å². The first-order valence-corrected chi connectivity index (χ1v) is 11.8. The van der Waals surface area contributed by atoms with E-state index in [9.17, 15) is 0 Å². The summed E-state index contributed by atoms with van der Waals surface area (Å²) < 4.78 is 0. The monoisotopic (exact) mass is 427 g/mol. The summed E-state index contributed by atoms with van der Waals surface area (Å²) in [5.41, 5.74) is 6.00. The molecule has 0 amide bonds. The third-order valence-corrected chi connectivity index (χ3v) is 6.89. The van der Waals surface area contributed by atoms with Crippen LogP contribution in [0.1, 0.15) is 42.3 Å². The van der Waals surface area contributed by atoms with Gasteiger partial charge in [0.25, 0.3) is 0 Å². The molecule has 2 heterocycles. The molecule has 0 aliphatic carbocycles. The van der Waals surface area contributed by atoms with Gasteiger partial charge in [0, 0.05) is 24.2 Å². The van der Waals surface area contributed by atoms with E-state index in [4.69, 9.17) is 4.98 Å². The Labute approximate surface area is 189 Å². The Morgan fingerprint density at radius 1 is 0.968 bits per heavy atom. The van der Waals surface area contributed by atoms with Gasteiger partial charge in [0.05, 0.1) is 15.6 Å². The second kappa shape index (κ2) is 9.88. The molecule has 0 saturated carbocycles. The van der Waals surface area contributed by atoms with Gasteiger partial charge in [-0.3, -0.25) is 0 Å². The molecule has 4 heteroatoms. The zero-order valence-electron chi connectivity index (χ0n) is 18.4. The van der Waals surface area contributed by atoms with E-state index in [2.05, 4.69) is 97.8 Å².